The molecule has 0 bridgehead atoms. The Kier molecular flexibility index (Phi) is 12.1. The number of carboxylic acid groups (broad SMARTS) is 2. The van der Waals surface area contributed by atoms with Crippen molar-refractivity contribution in [1.82, 2.24) is 24.6 Å². The van der Waals surface area contributed by atoms with Crippen LogP contribution in [0, 0.1) is 5.41 Å². The number of alkyl halides is 6. The summed E-state index contributed by atoms with van der Waals surface area (Å²) in [6, 6.07) is 16.9. The van der Waals surface area contributed by atoms with Crippen LogP contribution in [0.3, 0.4) is 0 Å². The van der Waals surface area contributed by atoms with Gasteiger partial charge in [-0.15, -0.1) is 0 Å². The van der Waals surface area contributed by atoms with Crippen molar-refractivity contribution in [3.63, 3.8) is 0 Å². The molecule has 1 aromatic carbocycles. The molecular weight excluding hydrogens is 636 g/mol. The van der Waals surface area contributed by atoms with Gasteiger partial charge in [-0.1, -0.05) is 36.4 Å². The number of amides is 1. The Bertz CT molecular complexity index is 1460. The molecule has 0 unspecified atom stereocenters. The highest BCUT2D eigenvalue weighted by molar-refractivity contribution is 5.85. The maximum atomic E-state index is 14.2. The van der Waals surface area contributed by atoms with Crippen molar-refractivity contribution in [3.05, 3.63) is 83.9 Å². The zero-order valence-corrected chi connectivity index (χ0v) is 25.6. The molecule has 2 fully saturated rings. The lowest BCUT2D eigenvalue weighted by Gasteiger charge is -2.43. The van der Waals surface area contributed by atoms with E-state index in [4.69, 9.17) is 19.8 Å². The summed E-state index contributed by atoms with van der Waals surface area (Å²) >= 11 is 0. The highest BCUT2D eigenvalue weighted by Gasteiger charge is 2.56. The number of carboxylic acids is 2. The number of carbonyl (C=O) groups is 3. The molecule has 5 rings (SSSR count). The van der Waals surface area contributed by atoms with Crippen molar-refractivity contribution in [2.75, 3.05) is 19.6 Å². The highest BCUT2D eigenvalue weighted by Crippen LogP contribution is 2.50. The monoisotopic (exact) mass is 671 g/mol. The third-order valence-electron chi connectivity index (χ3n) is 7.75. The normalized spacial score (nSPS) is 20.0. The fraction of sp³-hybridized carbons (Fsp3) is 0.452. The van der Waals surface area contributed by atoms with Gasteiger partial charge in [0, 0.05) is 69.0 Å². The van der Waals surface area contributed by atoms with E-state index in [1.54, 1.807) is 0 Å². The lowest BCUT2D eigenvalue weighted by atomic mass is 9.70. The molecule has 2 atom stereocenters. The summed E-state index contributed by atoms with van der Waals surface area (Å²) in [7, 11) is 0. The van der Waals surface area contributed by atoms with Gasteiger partial charge in [-0.25, -0.2) is 9.59 Å². The summed E-state index contributed by atoms with van der Waals surface area (Å²) < 4.78 is 65.6. The van der Waals surface area contributed by atoms with Crippen LogP contribution < -0.4 is 0 Å². The van der Waals surface area contributed by atoms with Gasteiger partial charge in [-0.2, -0.15) is 31.4 Å². The molecule has 2 aliphatic heterocycles. The van der Waals surface area contributed by atoms with Crippen LogP contribution in [0.4, 0.5) is 26.3 Å². The summed E-state index contributed by atoms with van der Waals surface area (Å²) in [5.41, 5.74) is 3.16. The molecule has 2 aliphatic rings. The van der Waals surface area contributed by atoms with E-state index in [1.165, 1.54) is 16.8 Å². The lowest BCUT2D eigenvalue weighted by Crippen LogP contribution is -2.52. The smallest absolute Gasteiger partial charge is 0.475 e. The maximum Gasteiger partial charge on any atom is 0.490 e. The Morgan fingerprint density at radius 3 is 2.04 bits per heavy atom. The fourth-order valence-electron chi connectivity index (χ4n) is 5.82. The molecule has 47 heavy (non-hydrogen) atoms. The van der Waals surface area contributed by atoms with Gasteiger partial charge in [0.25, 0.3) is 0 Å². The van der Waals surface area contributed by atoms with Crippen LogP contribution in [0.1, 0.15) is 55.5 Å². The molecule has 0 radical (unpaired) electrons. The van der Waals surface area contributed by atoms with Crippen molar-refractivity contribution < 1.29 is 50.9 Å². The first-order valence-electron chi connectivity index (χ1n) is 14.5. The molecule has 1 amide bonds. The zero-order chi connectivity index (χ0) is 35.0. The topological polar surface area (TPSA) is 129 Å². The molecule has 2 N–H and O–H groups in total. The first kappa shape index (κ1) is 37.0. The molecule has 0 saturated carbocycles. The van der Waals surface area contributed by atoms with Gasteiger partial charge in [0.1, 0.15) is 0 Å². The van der Waals surface area contributed by atoms with Crippen LogP contribution in [-0.2, 0) is 27.5 Å². The summed E-state index contributed by atoms with van der Waals surface area (Å²) in [5.74, 6) is -5.09. The second kappa shape index (κ2) is 15.4. The second-order valence-corrected chi connectivity index (χ2v) is 11.5. The van der Waals surface area contributed by atoms with Gasteiger partial charge in [0.05, 0.1) is 5.41 Å². The number of piperidine rings is 1. The predicted molar refractivity (Wildman–Crippen MR) is 156 cm³/mol. The molecule has 2 aromatic heterocycles. The first-order chi connectivity index (χ1) is 22.0. The number of halogens is 6. The van der Waals surface area contributed by atoms with Gasteiger partial charge in [-0.3, -0.25) is 19.4 Å². The third kappa shape index (κ3) is 9.76. The first-order valence-corrected chi connectivity index (χ1v) is 14.5. The fourth-order valence-corrected chi connectivity index (χ4v) is 5.82. The van der Waals surface area contributed by atoms with Crippen LogP contribution in [-0.4, -0.2) is 84.6 Å². The third-order valence-corrected chi connectivity index (χ3v) is 7.75. The quantitative estimate of drug-likeness (QED) is 0.328. The van der Waals surface area contributed by atoms with Gasteiger partial charge in [0.15, 0.2) is 0 Å². The second-order valence-electron chi connectivity index (χ2n) is 11.5. The minimum absolute atomic E-state index is 0.130. The van der Waals surface area contributed by atoms with Crippen molar-refractivity contribution >= 4 is 17.8 Å². The Hall–Kier alpha value is -4.47. The van der Waals surface area contributed by atoms with E-state index in [1.807, 2.05) is 30.7 Å². The number of rotatable bonds is 6. The van der Waals surface area contributed by atoms with Gasteiger partial charge in [-0.05, 0) is 49.9 Å². The largest absolute Gasteiger partial charge is 0.490 e. The van der Waals surface area contributed by atoms with Crippen molar-refractivity contribution in [3.8, 4) is 0 Å². The summed E-state index contributed by atoms with van der Waals surface area (Å²) in [5, 5.41) is 18.9. The van der Waals surface area contributed by atoms with Crippen LogP contribution in [0.25, 0.3) is 0 Å². The van der Waals surface area contributed by atoms with E-state index in [9.17, 15) is 31.1 Å². The minimum atomic E-state index is -5.08. The SMILES string of the molecule is CC(C)n1nccc1[C@@H]1CN(Cc2cccnc2)C[C@]12CCCN(Cc1ccccc1)C2=O.O=C(O)C(F)(F)F.O=C(O)C(F)(F)F. The van der Waals surface area contributed by atoms with E-state index in [2.05, 4.69) is 74.8 Å². The number of likely N-dealkylation sites (tertiary alicyclic amines) is 2. The molecule has 2 saturated heterocycles. The van der Waals surface area contributed by atoms with E-state index >= 15 is 0 Å². The Morgan fingerprint density at radius 1 is 0.915 bits per heavy atom. The van der Waals surface area contributed by atoms with Crippen LogP contribution in [0.5, 0.6) is 0 Å². The Labute approximate surface area is 266 Å². The number of hydrogen-bond donors (Lipinski definition) is 2. The molecule has 4 heterocycles. The molecule has 10 nitrogen and oxygen atoms in total. The van der Waals surface area contributed by atoms with E-state index in [-0.39, 0.29) is 12.0 Å². The Morgan fingerprint density at radius 2 is 1.51 bits per heavy atom. The van der Waals surface area contributed by atoms with E-state index < -0.39 is 29.7 Å². The lowest BCUT2D eigenvalue weighted by molar-refractivity contribution is -0.193. The van der Waals surface area contributed by atoms with Crippen LogP contribution >= 0.6 is 0 Å². The predicted octanol–water partition coefficient (Wildman–Crippen LogP) is 5.53. The zero-order valence-electron chi connectivity index (χ0n) is 25.6. The van der Waals surface area contributed by atoms with E-state index in [0.29, 0.717) is 12.5 Å². The number of nitrogens with zero attached hydrogens (tertiary/aromatic N) is 5. The standard InChI is InChI=1S/C27H33N5O.2C2HF3O2/c1-21(2)32-25(11-14-29-32)24-19-30(17-23-10-6-13-28-16-23)20-27(24)12-7-15-31(26(27)33)18-22-8-4-3-5-9-22;2*3-2(4,5)1(6)7/h3-6,8-11,13-14,16,21,24H,7,12,15,17-20H2,1-2H3;2*(H,6,7)/t24-,27+;;/m0../s1. The molecule has 256 valence electrons. The summed E-state index contributed by atoms with van der Waals surface area (Å²) in [6.07, 6.45) is -2.57. The Balaban J connectivity index is 0.000000360. The molecule has 16 heteroatoms. The molecule has 1 spiro atoms. The van der Waals surface area contributed by atoms with Crippen molar-refractivity contribution in [1.29, 1.82) is 0 Å². The number of aliphatic carboxylic acids is 2. The number of aromatic nitrogens is 3. The van der Waals surface area contributed by atoms with Crippen molar-refractivity contribution in [2.24, 2.45) is 5.41 Å². The number of carbonyl (C=O) groups excluding carboxylic acids is 1. The molecule has 3 aromatic rings. The highest BCUT2D eigenvalue weighted by atomic mass is 19.4. The van der Waals surface area contributed by atoms with Gasteiger partial charge < -0.3 is 15.1 Å². The maximum absolute atomic E-state index is 14.2. The molecular formula is C31H35F6N5O5. The summed E-state index contributed by atoms with van der Waals surface area (Å²) in [6.45, 7) is 8.28. The number of hydrogen-bond acceptors (Lipinski definition) is 6. The van der Waals surface area contributed by atoms with Crippen LogP contribution in [0.15, 0.2) is 67.1 Å². The number of benzene rings is 1. The average molecular weight is 672 g/mol. The minimum Gasteiger partial charge on any atom is -0.475 e. The van der Waals surface area contributed by atoms with Crippen molar-refractivity contribution in [2.45, 2.75) is 64.1 Å². The number of pyridine rings is 1. The average Bonchev–Trinajstić information content (AvgIpc) is 3.62. The molecule has 0 aliphatic carbocycles. The summed E-state index contributed by atoms with van der Waals surface area (Å²) in [4.78, 5) is 40.8. The van der Waals surface area contributed by atoms with Crippen LogP contribution in [0.2, 0.25) is 0 Å². The van der Waals surface area contributed by atoms with Gasteiger partial charge >= 0.3 is 24.3 Å². The van der Waals surface area contributed by atoms with Gasteiger partial charge in [0.2, 0.25) is 5.91 Å². The van der Waals surface area contributed by atoms with E-state index in [0.717, 1.165) is 39.0 Å².